The molecule has 8 heteroatoms. The van der Waals surface area contributed by atoms with Gasteiger partial charge in [-0.2, -0.15) is 0 Å². The summed E-state index contributed by atoms with van der Waals surface area (Å²) in [6.07, 6.45) is 1.38. The first-order valence-corrected chi connectivity index (χ1v) is 8.30. The zero-order valence-corrected chi connectivity index (χ0v) is 15.4. The Morgan fingerprint density at radius 1 is 1.15 bits per heavy atom. The maximum atomic E-state index is 11.7. The minimum absolute atomic E-state index is 0.241. The van der Waals surface area contributed by atoms with Crippen LogP contribution in [0.15, 0.2) is 47.6 Å². The highest BCUT2D eigenvalue weighted by molar-refractivity contribution is 6.43. The van der Waals surface area contributed by atoms with E-state index in [1.807, 2.05) is 0 Å². The quantitative estimate of drug-likeness (QED) is 0.443. The number of methoxy groups -OCH3 is 1. The molecule has 0 aliphatic carbocycles. The van der Waals surface area contributed by atoms with E-state index in [1.54, 1.807) is 42.5 Å². The van der Waals surface area contributed by atoms with E-state index in [4.69, 9.17) is 28.0 Å². The molecule has 0 unspecified atom stereocenters. The van der Waals surface area contributed by atoms with Crippen molar-refractivity contribution in [1.82, 2.24) is 5.32 Å². The SMILES string of the molecule is COC(=O)c1ccc(CNC(=O)CO/N=C\c2cccc(Cl)c2Cl)cc1. The Morgan fingerprint density at radius 2 is 1.88 bits per heavy atom. The summed E-state index contributed by atoms with van der Waals surface area (Å²) in [4.78, 5) is 28.0. The summed E-state index contributed by atoms with van der Waals surface area (Å²) in [6, 6.07) is 11.8. The molecule has 136 valence electrons. The van der Waals surface area contributed by atoms with Crippen LogP contribution in [0.1, 0.15) is 21.5 Å². The van der Waals surface area contributed by atoms with Gasteiger partial charge in [0.15, 0.2) is 6.61 Å². The minimum atomic E-state index is -0.411. The Morgan fingerprint density at radius 3 is 2.58 bits per heavy atom. The molecule has 1 amide bonds. The fourth-order valence-corrected chi connectivity index (χ4v) is 2.29. The Kier molecular flexibility index (Phi) is 7.44. The van der Waals surface area contributed by atoms with Crippen LogP contribution < -0.4 is 5.32 Å². The van der Waals surface area contributed by atoms with Crippen LogP contribution in [-0.4, -0.2) is 31.8 Å². The largest absolute Gasteiger partial charge is 0.465 e. The topological polar surface area (TPSA) is 77.0 Å². The van der Waals surface area contributed by atoms with Crippen LogP contribution in [0.2, 0.25) is 10.0 Å². The zero-order chi connectivity index (χ0) is 18.9. The summed E-state index contributed by atoms with van der Waals surface area (Å²) >= 11 is 11.9. The van der Waals surface area contributed by atoms with Crippen LogP contribution in [-0.2, 0) is 20.9 Å². The number of halogens is 2. The van der Waals surface area contributed by atoms with Gasteiger partial charge >= 0.3 is 5.97 Å². The van der Waals surface area contributed by atoms with Gasteiger partial charge in [0.2, 0.25) is 0 Å². The number of hydrogen-bond acceptors (Lipinski definition) is 5. The molecule has 0 radical (unpaired) electrons. The smallest absolute Gasteiger partial charge is 0.337 e. The Bertz CT molecular complexity index is 807. The Balaban J connectivity index is 1.76. The fraction of sp³-hybridized carbons (Fsp3) is 0.167. The fourth-order valence-electron chi connectivity index (χ4n) is 1.94. The van der Waals surface area contributed by atoms with Gasteiger partial charge in [-0.05, 0) is 23.8 Å². The van der Waals surface area contributed by atoms with Gasteiger partial charge < -0.3 is 14.9 Å². The summed E-state index contributed by atoms with van der Waals surface area (Å²) in [5.41, 5.74) is 1.87. The second-order valence-corrected chi connectivity index (χ2v) is 5.90. The van der Waals surface area contributed by atoms with E-state index in [-0.39, 0.29) is 12.5 Å². The number of carbonyl (C=O) groups excluding carboxylic acids is 2. The number of rotatable bonds is 7. The predicted molar refractivity (Wildman–Crippen MR) is 99.6 cm³/mol. The number of esters is 1. The van der Waals surface area contributed by atoms with Crippen molar-refractivity contribution in [3.8, 4) is 0 Å². The highest BCUT2D eigenvalue weighted by Crippen LogP contribution is 2.24. The van der Waals surface area contributed by atoms with Gasteiger partial charge in [-0.1, -0.05) is 52.6 Å². The van der Waals surface area contributed by atoms with Gasteiger partial charge in [0.05, 0.1) is 28.9 Å². The van der Waals surface area contributed by atoms with Crippen molar-refractivity contribution in [2.75, 3.05) is 13.7 Å². The predicted octanol–water partition coefficient (Wildman–Crippen LogP) is 3.45. The van der Waals surface area contributed by atoms with Crippen molar-refractivity contribution in [3.63, 3.8) is 0 Å². The van der Waals surface area contributed by atoms with Crippen LogP contribution in [0, 0.1) is 0 Å². The average molecular weight is 395 g/mol. The molecule has 6 nitrogen and oxygen atoms in total. The van der Waals surface area contributed by atoms with Crippen LogP contribution in [0.4, 0.5) is 0 Å². The van der Waals surface area contributed by atoms with Crippen molar-refractivity contribution in [1.29, 1.82) is 0 Å². The average Bonchev–Trinajstić information content (AvgIpc) is 2.66. The molecule has 0 heterocycles. The lowest BCUT2D eigenvalue weighted by atomic mass is 10.1. The Labute approximate surface area is 160 Å². The van der Waals surface area contributed by atoms with Gasteiger partial charge in [0.1, 0.15) is 0 Å². The van der Waals surface area contributed by atoms with E-state index < -0.39 is 5.97 Å². The number of amides is 1. The molecule has 0 saturated carbocycles. The third-order valence-corrected chi connectivity index (χ3v) is 4.14. The Hall–Kier alpha value is -2.57. The van der Waals surface area contributed by atoms with E-state index in [0.717, 1.165) is 5.56 Å². The number of benzene rings is 2. The van der Waals surface area contributed by atoms with Crippen molar-refractivity contribution in [2.24, 2.45) is 5.16 Å². The van der Waals surface area contributed by atoms with Crippen molar-refractivity contribution in [3.05, 3.63) is 69.2 Å². The van der Waals surface area contributed by atoms with Gasteiger partial charge in [-0.3, -0.25) is 4.79 Å². The van der Waals surface area contributed by atoms with Crippen molar-refractivity contribution < 1.29 is 19.2 Å². The highest BCUT2D eigenvalue weighted by atomic mass is 35.5. The molecule has 0 spiro atoms. The molecule has 0 fully saturated rings. The van der Waals surface area contributed by atoms with E-state index in [9.17, 15) is 9.59 Å². The highest BCUT2D eigenvalue weighted by Gasteiger charge is 2.06. The number of nitrogens with zero attached hydrogens (tertiary/aromatic N) is 1. The number of hydrogen-bond donors (Lipinski definition) is 1. The third-order valence-electron chi connectivity index (χ3n) is 3.31. The maximum Gasteiger partial charge on any atom is 0.337 e. The van der Waals surface area contributed by atoms with E-state index in [0.29, 0.717) is 27.7 Å². The summed E-state index contributed by atoms with van der Waals surface area (Å²) < 4.78 is 4.62. The molecule has 0 aliphatic rings. The molecule has 0 atom stereocenters. The molecule has 0 aromatic heterocycles. The van der Waals surface area contributed by atoms with E-state index in [2.05, 4.69) is 15.2 Å². The summed E-state index contributed by atoms with van der Waals surface area (Å²) in [6.45, 7) is 0.0579. The molecule has 0 aliphatic heterocycles. The molecule has 2 aromatic carbocycles. The second kappa shape index (κ2) is 9.79. The molecular formula is C18H16Cl2N2O4. The van der Waals surface area contributed by atoms with E-state index >= 15 is 0 Å². The lowest BCUT2D eigenvalue weighted by Gasteiger charge is -2.05. The summed E-state index contributed by atoms with van der Waals surface area (Å²) in [5.74, 6) is -0.747. The molecule has 2 aromatic rings. The molecule has 0 bridgehead atoms. The van der Waals surface area contributed by atoms with Crippen LogP contribution in [0.25, 0.3) is 0 Å². The number of nitrogens with one attached hydrogen (secondary N) is 1. The number of carbonyl (C=O) groups is 2. The van der Waals surface area contributed by atoms with Gasteiger partial charge in [0, 0.05) is 12.1 Å². The van der Waals surface area contributed by atoms with Gasteiger partial charge in [0.25, 0.3) is 5.91 Å². The molecular weight excluding hydrogens is 379 g/mol. The molecule has 1 N–H and O–H groups in total. The maximum absolute atomic E-state index is 11.7. The van der Waals surface area contributed by atoms with Crippen LogP contribution >= 0.6 is 23.2 Å². The lowest BCUT2D eigenvalue weighted by Crippen LogP contribution is -2.26. The number of ether oxygens (including phenoxy) is 1. The molecule has 26 heavy (non-hydrogen) atoms. The zero-order valence-electron chi connectivity index (χ0n) is 13.9. The summed E-state index contributed by atoms with van der Waals surface area (Å²) in [7, 11) is 1.32. The first-order chi connectivity index (χ1) is 12.5. The van der Waals surface area contributed by atoms with E-state index in [1.165, 1.54) is 13.3 Å². The molecule has 2 rings (SSSR count). The van der Waals surface area contributed by atoms with Crippen LogP contribution in [0.5, 0.6) is 0 Å². The third kappa shape index (κ3) is 5.75. The first-order valence-electron chi connectivity index (χ1n) is 7.54. The van der Waals surface area contributed by atoms with Gasteiger partial charge in [-0.25, -0.2) is 4.79 Å². The normalized spacial score (nSPS) is 10.6. The lowest BCUT2D eigenvalue weighted by molar-refractivity contribution is -0.125. The molecule has 0 saturated heterocycles. The van der Waals surface area contributed by atoms with Crippen LogP contribution in [0.3, 0.4) is 0 Å². The standard InChI is InChI=1S/C18H16Cl2N2O4/c1-25-18(24)13-7-5-12(6-8-13)9-21-16(23)11-26-22-10-14-3-2-4-15(19)17(14)20/h2-8,10H,9,11H2,1H3,(H,21,23)/b22-10-. The van der Waals surface area contributed by atoms with Crippen molar-refractivity contribution in [2.45, 2.75) is 6.54 Å². The first kappa shape index (κ1) is 19.8. The second-order valence-electron chi connectivity index (χ2n) is 5.12. The summed E-state index contributed by atoms with van der Waals surface area (Å²) in [5, 5.41) is 7.15. The monoisotopic (exact) mass is 394 g/mol. The van der Waals surface area contributed by atoms with Crippen molar-refractivity contribution >= 4 is 41.3 Å². The number of oxime groups is 1. The van der Waals surface area contributed by atoms with Gasteiger partial charge in [-0.15, -0.1) is 0 Å². The minimum Gasteiger partial charge on any atom is -0.465 e.